The number of aromatic nitrogens is 5. The lowest BCUT2D eigenvalue weighted by atomic mass is 10.2. The Kier molecular flexibility index (Phi) is 5.12. The molecule has 5 aromatic rings. The van der Waals surface area contributed by atoms with Crippen molar-refractivity contribution in [3.63, 3.8) is 0 Å². The summed E-state index contributed by atoms with van der Waals surface area (Å²) in [6.45, 7) is 0.597. The number of benzene rings is 2. The fraction of sp³-hybridized carbons (Fsp3) is 0.130. The van der Waals surface area contributed by atoms with E-state index in [1.54, 1.807) is 23.8 Å². The van der Waals surface area contributed by atoms with E-state index in [0.29, 0.717) is 29.6 Å². The first-order chi connectivity index (χ1) is 15.7. The van der Waals surface area contributed by atoms with Crippen LogP contribution < -0.4 is 14.8 Å². The lowest BCUT2D eigenvalue weighted by Crippen LogP contribution is -2.28. The summed E-state index contributed by atoms with van der Waals surface area (Å²) >= 11 is 0. The molecule has 3 aromatic heterocycles. The first-order valence-corrected chi connectivity index (χ1v) is 10.1. The molecule has 0 aliphatic carbocycles. The lowest BCUT2D eigenvalue weighted by molar-refractivity contribution is 0.0942. The largest absolute Gasteiger partial charge is 0.497 e. The van der Waals surface area contributed by atoms with Crippen LogP contribution >= 0.6 is 0 Å². The molecule has 0 saturated carbocycles. The Bertz CT molecular complexity index is 1370. The SMILES string of the molecule is COc1cccc(-c2nnc3ccc(OCCNC(=O)c4cc5ccccc5[nH]4)nn23)c1. The van der Waals surface area contributed by atoms with Gasteiger partial charge in [-0.2, -0.15) is 4.52 Å². The molecule has 0 atom stereocenters. The van der Waals surface area contributed by atoms with Gasteiger partial charge in [0.15, 0.2) is 11.5 Å². The molecule has 0 saturated heterocycles. The summed E-state index contributed by atoms with van der Waals surface area (Å²) in [5.74, 6) is 1.52. The van der Waals surface area contributed by atoms with Crippen molar-refractivity contribution in [2.24, 2.45) is 0 Å². The molecule has 0 spiro atoms. The second-order valence-corrected chi connectivity index (χ2v) is 7.07. The molecular weight excluding hydrogens is 408 g/mol. The number of carbonyl (C=O) groups excluding carboxylic acids is 1. The van der Waals surface area contributed by atoms with Gasteiger partial charge in [-0.15, -0.1) is 15.3 Å². The number of carbonyl (C=O) groups is 1. The molecule has 0 aliphatic rings. The predicted octanol–water partition coefficient (Wildman–Crippen LogP) is 3.09. The lowest BCUT2D eigenvalue weighted by Gasteiger charge is -2.07. The van der Waals surface area contributed by atoms with Crippen molar-refractivity contribution in [3.8, 4) is 23.0 Å². The third-order valence-electron chi connectivity index (χ3n) is 4.98. The van der Waals surface area contributed by atoms with Crippen LogP contribution in [0.5, 0.6) is 11.6 Å². The maximum atomic E-state index is 12.4. The normalized spacial score (nSPS) is 11.0. The number of para-hydroxylation sites is 1. The Morgan fingerprint density at radius 3 is 2.84 bits per heavy atom. The van der Waals surface area contributed by atoms with Gasteiger partial charge in [0.1, 0.15) is 18.1 Å². The van der Waals surface area contributed by atoms with Crippen molar-refractivity contribution < 1.29 is 14.3 Å². The van der Waals surface area contributed by atoms with Crippen LogP contribution in [0, 0.1) is 0 Å². The number of rotatable bonds is 7. The molecule has 5 rings (SSSR count). The quantitative estimate of drug-likeness (QED) is 0.386. The van der Waals surface area contributed by atoms with E-state index >= 15 is 0 Å². The molecular formula is C23H20N6O3. The Morgan fingerprint density at radius 1 is 1.06 bits per heavy atom. The van der Waals surface area contributed by atoms with E-state index < -0.39 is 0 Å². The molecule has 9 nitrogen and oxygen atoms in total. The number of aromatic amines is 1. The van der Waals surface area contributed by atoms with Gasteiger partial charge in [-0.25, -0.2) is 0 Å². The zero-order chi connectivity index (χ0) is 21.9. The molecule has 2 N–H and O–H groups in total. The summed E-state index contributed by atoms with van der Waals surface area (Å²) in [5, 5.41) is 16.7. The van der Waals surface area contributed by atoms with E-state index in [2.05, 4.69) is 25.6 Å². The summed E-state index contributed by atoms with van der Waals surface area (Å²) < 4.78 is 12.6. The Morgan fingerprint density at radius 2 is 1.97 bits per heavy atom. The highest BCUT2D eigenvalue weighted by molar-refractivity contribution is 5.97. The van der Waals surface area contributed by atoms with Crippen LogP contribution in [0.1, 0.15) is 10.5 Å². The van der Waals surface area contributed by atoms with Crippen LogP contribution in [-0.4, -0.2) is 51.0 Å². The van der Waals surface area contributed by atoms with E-state index in [9.17, 15) is 4.79 Å². The van der Waals surface area contributed by atoms with Gasteiger partial charge in [0, 0.05) is 22.5 Å². The maximum Gasteiger partial charge on any atom is 0.267 e. The highest BCUT2D eigenvalue weighted by Crippen LogP contribution is 2.23. The molecule has 0 radical (unpaired) electrons. The van der Waals surface area contributed by atoms with E-state index in [-0.39, 0.29) is 12.5 Å². The number of hydrogen-bond acceptors (Lipinski definition) is 6. The minimum absolute atomic E-state index is 0.188. The van der Waals surface area contributed by atoms with Gasteiger partial charge >= 0.3 is 0 Å². The Hall–Kier alpha value is -4.40. The number of H-pyrrole nitrogens is 1. The third kappa shape index (κ3) is 3.83. The predicted molar refractivity (Wildman–Crippen MR) is 119 cm³/mol. The van der Waals surface area contributed by atoms with Crippen molar-refractivity contribution in [2.45, 2.75) is 0 Å². The number of amides is 1. The van der Waals surface area contributed by atoms with Gasteiger partial charge in [-0.3, -0.25) is 4.79 Å². The minimum Gasteiger partial charge on any atom is -0.497 e. The average molecular weight is 428 g/mol. The summed E-state index contributed by atoms with van der Waals surface area (Å²) in [6.07, 6.45) is 0. The molecule has 0 aliphatic heterocycles. The molecule has 32 heavy (non-hydrogen) atoms. The topological polar surface area (TPSA) is 106 Å². The first-order valence-electron chi connectivity index (χ1n) is 10.1. The van der Waals surface area contributed by atoms with Crippen molar-refractivity contribution in [1.82, 2.24) is 30.1 Å². The van der Waals surface area contributed by atoms with Crippen LogP contribution in [0.3, 0.4) is 0 Å². The summed E-state index contributed by atoms with van der Waals surface area (Å²) in [5.41, 5.74) is 2.86. The molecule has 1 amide bonds. The molecule has 2 aromatic carbocycles. The highest BCUT2D eigenvalue weighted by atomic mass is 16.5. The smallest absolute Gasteiger partial charge is 0.267 e. The van der Waals surface area contributed by atoms with Crippen molar-refractivity contribution in [2.75, 3.05) is 20.3 Å². The summed E-state index contributed by atoms with van der Waals surface area (Å²) in [7, 11) is 1.61. The third-order valence-corrected chi connectivity index (χ3v) is 4.98. The number of fused-ring (bicyclic) bond motifs is 2. The van der Waals surface area contributed by atoms with Crippen molar-refractivity contribution >= 4 is 22.5 Å². The second-order valence-electron chi connectivity index (χ2n) is 7.07. The van der Waals surface area contributed by atoms with Crippen LogP contribution in [0.15, 0.2) is 66.7 Å². The van der Waals surface area contributed by atoms with E-state index in [0.717, 1.165) is 22.2 Å². The number of ether oxygens (including phenoxy) is 2. The fourth-order valence-electron chi connectivity index (χ4n) is 3.40. The van der Waals surface area contributed by atoms with Crippen molar-refractivity contribution in [1.29, 1.82) is 0 Å². The zero-order valence-electron chi connectivity index (χ0n) is 17.3. The number of nitrogens with one attached hydrogen (secondary N) is 2. The summed E-state index contributed by atoms with van der Waals surface area (Å²) in [4.78, 5) is 15.5. The van der Waals surface area contributed by atoms with Crippen LogP contribution in [0.2, 0.25) is 0 Å². The van der Waals surface area contributed by atoms with Crippen LogP contribution in [0.4, 0.5) is 0 Å². The standard InChI is InChI=1S/C23H20N6O3/c1-31-17-7-4-6-16(13-17)22-27-26-20-9-10-21(28-29(20)22)32-12-11-24-23(30)19-14-15-5-2-3-8-18(15)25-19/h2-10,13-14,25H,11-12H2,1H3,(H,24,30). The Labute approximate surface area is 183 Å². The van der Waals surface area contributed by atoms with Gasteiger partial charge in [-0.05, 0) is 30.3 Å². The molecule has 0 unspecified atom stereocenters. The first kappa shape index (κ1) is 19.6. The van der Waals surface area contributed by atoms with Gasteiger partial charge in [0.2, 0.25) is 5.88 Å². The molecule has 0 bridgehead atoms. The van der Waals surface area contributed by atoms with E-state index in [1.165, 1.54) is 0 Å². The second kappa shape index (κ2) is 8.38. The zero-order valence-corrected chi connectivity index (χ0v) is 17.3. The fourth-order valence-corrected chi connectivity index (χ4v) is 3.40. The van der Waals surface area contributed by atoms with Gasteiger partial charge < -0.3 is 19.8 Å². The number of nitrogens with zero attached hydrogens (tertiary/aromatic N) is 4. The molecule has 3 heterocycles. The maximum absolute atomic E-state index is 12.4. The highest BCUT2D eigenvalue weighted by Gasteiger charge is 2.12. The van der Waals surface area contributed by atoms with Gasteiger partial charge in [-0.1, -0.05) is 30.3 Å². The van der Waals surface area contributed by atoms with E-state index in [4.69, 9.17) is 9.47 Å². The summed E-state index contributed by atoms with van der Waals surface area (Å²) in [6, 6.07) is 20.6. The van der Waals surface area contributed by atoms with Crippen LogP contribution in [0.25, 0.3) is 27.9 Å². The van der Waals surface area contributed by atoms with Crippen LogP contribution in [-0.2, 0) is 0 Å². The number of hydrogen-bond donors (Lipinski definition) is 2. The van der Waals surface area contributed by atoms with E-state index in [1.807, 2.05) is 54.6 Å². The molecule has 160 valence electrons. The van der Waals surface area contributed by atoms with Gasteiger partial charge in [0.25, 0.3) is 5.91 Å². The minimum atomic E-state index is -0.188. The average Bonchev–Trinajstić information content (AvgIpc) is 3.46. The molecule has 9 heteroatoms. The number of methoxy groups -OCH3 is 1. The van der Waals surface area contributed by atoms with Crippen molar-refractivity contribution in [3.05, 3.63) is 72.4 Å². The van der Waals surface area contributed by atoms with Gasteiger partial charge in [0.05, 0.1) is 13.7 Å². The monoisotopic (exact) mass is 428 g/mol. The Balaban J connectivity index is 1.24. The molecule has 0 fully saturated rings.